The van der Waals surface area contributed by atoms with Crippen LogP contribution < -0.4 is 0 Å². The van der Waals surface area contributed by atoms with Crippen molar-refractivity contribution in [1.29, 1.82) is 0 Å². The van der Waals surface area contributed by atoms with Crippen molar-refractivity contribution in [3.63, 3.8) is 0 Å². The maximum absolute atomic E-state index is 12.5. The van der Waals surface area contributed by atoms with Gasteiger partial charge in [-0.25, -0.2) is 24.0 Å². The third kappa shape index (κ3) is 8.05. The molecular weight excluding hydrogens is 424 g/mol. The molecule has 1 atom stereocenters. The summed E-state index contributed by atoms with van der Waals surface area (Å²) in [6, 6.07) is 2.95. The standard InChI is InChI=1S/C22H23O10/c1-12(2)20(27)30-9-5-6-15(11-31-21(28)13(3)4)32-22(29)14-7-8-16(18(23)24)17(10-14)19(25)26/h6-8,10,15H,1,3,5,9,11H2,2,4H3,(H,23,24)(H,25,26). The first-order valence-electron chi connectivity index (χ1n) is 9.24. The van der Waals surface area contributed by atoms with E-state index in [9.17, 15) is 29.1 Å². The Bertz CT molecular complexity index is 944. The fourth-order valence-electron chi connectivity index (χ4n) is 2.20. The molecule has 32 heavy (non-hydrogen) atoms. The summed E-state index contributed by atoms with van der Waals surface area (Å²) < 4.78 is 15.2. The minimum atomic E-state index is -1.53. The summed E-state index contributed by atoms with van der Waals surface area (Å²) in [4.78, 5) is 58.0. The zero-order valence-corrected chi connectivity index (χ0v) is 17.6. The third-order valence-electron chi connectivity index (χ3n) is 3.83. The SMILES string of the molecule is C=C(C)C(=O)OCC[CH]C(COC(=O)C(=C)C)OC(=O)c1ccc(C(=O)O)c(C(=O)O)c1. The molecule has 0 aromatic heterocycles. The van der Waals surface area contributed by atoms with Gasteiger partial charge in [0, 0.05) is 17.6 Å². The number of rotatable bonds is 12. The molecule has 2 N–H and O–H groups in total. The number of carbonyl (C=O) groups is 5. The zero-order chi connectivity index (χ0) is 24.4. The van der Waals surface area contributed by atoms with Crippen LogP contribution in [0.15, 0.2) is 42.5 Å². The lowest BCUT2D eigenvalue weighted by Crippen LogP contribution is -2.27. The highest BCUT2D eigenvalue weighted by Crippen LogP contribution is 2.16. The summed E-state index contributed by atoms with van der Waals surface area (Å²) in [5.41, 5.74) is -0.964. The molecule has 1 rings (SSSR count). The lowest BCUT2D eigenvalue weighted by Gasteiger charge is -2.18. The molecule has 0 spiro atoms. The van der Waals surface area contributed by atoms with Gasteiger partial charge in [-0.3, -0.25) is 0 Å². The van der Waals surface area contributed by atoms with Crippen molar-refractivity contribution in [2.45, 2.75) is 26.4 Å². The zero-order valence-electron chi connectivity index (χ0n) is 17.6. The average Bonchev–Trinajstić information content (AvgIpc) is 2.73. The predicted molar refractivity (Wildman–Crippen MR) is 110 cm³/mol. The largest absolute Gasteiger partial charge is 0.478 e. The molecule has 0 heterocycles. The summed E-state index contributed by atoms with van der Waals surface area (Å²) in [6.07, 6.45) is 0.501. The van der Waals surface area contributed by atoms with Gasteiger partial charge in [-0.05, 0) is 38.5 Å². The van der Waals surface area contributed by atoms with Gasteiger partial charge in [-0.1, -0.05) is 13.2 Å². The number of carboxylic acid groups (broad SMARTS) is 2. The van der Waals surface area contributed by atoms with E-state index in [2.05, 4.69) is 13.2 Å². The Kier molecular flexibility index (Phi) is 9.81. The molecule has 1 radical (unpaired) electrons. The van der Waals surface area contributed by atoms with Crippen LogP contribution in [0.25, 0.3) is 0 Å². The predicted octanol–water partition coefficient (Wildman–Crippen LogP) is 2.44. The quantitative estimate of drug-likeness (QED) is 0.211. The highest BCUT2D eigenvalue weighted by molar-refractivity contribution is 6.04. The van der Waals surface area contributed by atoms with E-state index >= 15 is 0 Å². The molecule has 0 aliphatic rings. The Balaban J connectivity index is 2.92. The summed E-state index contributed by atoms with van der Waals surface area (Å²) in [5, 5.41) is 18.3. The van der Waals surface area contributed by atoms with E-state index in [0.717, 1.165) is 18.2 Å². The molecule has 1 aromatic rings. The van der Waals surface area contributed by atoms with Crippen LogP contribution in [0.1, 0.15) is 51.3 Å². The fourth-order valence-corrected chi connectivity index (χ4v) is 2.20. The lowest BCUT2D eigenvalue weighted by molar-refractivity contribution is -0.141. The highest BCUT2D eigenvalue weighted by Gasteiger charge is 2.22. The number of carboxylic acids is 2. The first-order chi connectivity index (χ1) is 14.9. The average molecular weight is 447 g/mol. The number of ether oxygens (including phenoxy) is 3. The topological polar surface area (TPSA) is 154 Å². The second-order valence-electron chi connectivity index (χ2n) is 6.63. The van der Waals surface area contributed by atoms with Gasteiger partial charge in [0.15, 0.2) is 0 Å². The number of hydrogen-bond acceptors (Lipinski definition) is 8. The van der Waals surface area contributed by atoms with Gasteiger partial charge in [-0.2, -0.15) is 0 Å². The third-order valence-corrected chi connectivity index (χ3v) is 3.83. The first-order valence-corrected chi connectivity index (χ1v) is 9.24. The van der Waals surface area contributed by atoms with Gasteiger partial charge in [0.1, 0.15) is 12.7 Å². The van der Waals surface area contributed by atoms with Crippen molar-refractivity contribution < 1.29 is 48.4 Å². The highest BCUT2D eigenvalue weighted by atomic mass is 16.6. The molecule has 0 aliphatic carbocycles. The summed E-state index contributed by atoms with van der Waals surface area (Å²) in [6.45, 7) is 9.38. The van der Waals surface area contributed by atoms with Gasteiger partial charge >= 0.3 is 29.8 Å². The van der Waals surface area contributed by atoms with E-state index in [1.54, 1.807) is 0 Å². The van der Waals surface area contributed by atoms with Crippen LogP contribution in [0.5, 0.6) is 0 Å². The number of esters is 3. The summed E-state index contributed by atoms with van der Waals surface area (Å²) >= 11 is 0. The van der Waals surface area contributed by atoms with Gasteiger partial charge in [-0.15, -0.1) is 0 Å². The van der Waals surface area contributed by atoms with E-state index in [1.165, 1.54) is 20.3 Å². The summed E-state index contributed by atoms with van der Waals surface area (Å²) in [5.74, 6) is -5.29. The molecule has 0 aliphatic heterocycles. The molecular formula is C22H23O10. The van der Waals surface area contributed by atoms with Crippen molar-refractivity contribution in [2.75, 3.05) is 13.2 Å². The Morgan fingerprint density at radius 1 is 0.938 bits per heavy atom. The lowest BCUT2D eigenvalue weighted by atomic mass is 10.0. The number of carbonyl (C=O) groups excluding carboxylic acids is 3. The van der Waals surface area contributed by atoms with Crippen molar-refractivity contribution in [1.82, 2.24) is 0 Å². The van der Waals surface area contributed by atoms with Crippen molar-refractivity contribution in [3.8, 4) is 0 Å². The van der Waals surface area contributed by atoms with Gasteiger partial charge in [0.25, 0.3) is 0 Å². The summed E-state index contributed by atoms with van der Waals surface area (Å²) in [7, 11) is 0. The number of aromatic carboxylic acids is 2. The fraction of sp³-hybridized carbons (Fsp3) is 0.273. The Morgan fingerprint density at radius 2 is 1.50 bits per heavy atom. The first kappa shape index (κ1) is 26.1. The number of hydrogen-bond donors (Lipinski definition) is 2. The minimum Gasteiger partial charge on any atom is -0.478 e. The second-order valence-corrected chi connectivity index (χ2v) is 6.63. The molecule has 171 valence electrons. The van der Waals surface area contributed by atoms with Crippen LogP contribution in [0, 0.1) is 6.42 Å². The minimum absolute atomic E-state index is 0.0509. The van der Waals surface area contributed by atoms with E-state index in [4.69, 9.17) is 19.3 Å². The van der Waals surface area contributed by atoms with E-state index in [-0.39, 0.29) is 36.3 Å². The molecule has 0 fully saturated rings. The van der Waals surface area contributed by atoms with Gasteiger partial charge in [0.2, 0.25) is 0 Å². The van der Waals surface area contributed by atoms with Crippen LogP contribution in [0.2, 0.25) is 0 Å². The van der Waals surface area contributed by atoms with Crippen LogP contribution in [0.4, 0.5) is 0 Å². The molecule has 1 unspecified atom stereocenters. The monoisotopic (exact) mass is 447 g/mol. The maximum atomic E-state index is 12.5. The van der Waals surface area contributed by atoms with E-state index < -0.39 is 47.1 Å². The normalized spacial score (nSPS) is 11.1. The number of benzene rings is 1. The Hall–Kier alpha value is -3.95. The van der Waals surface area contributed by atoms with Crippen molar-refractivity contribution in [2.24, 2.45) is 0 Å². The maximum Gasteiger partial charge on any atom is 0.338 e. The van der Waals surface area contributed by atoms with E-state index in [1.807, 2.05) is 0 Å². The smallest absolute Gasteiger partial charge is 0.338 e. The molecule has 10 nitrogen and oxygen atoms in total. The van der Waals surface area contributed by atoms with E-state index in [0.29, 0.717) is 0 Å². The van der Waals surface area contributed by atoms with Crippen LogP contribution in [-0.4, -0.2) is 59.4 Å². The molecule has 0 bridgehead atoms. The van der Waals surface area contributed by atoms with Gasteiger partial charge in [0.05, 0.1) is 23.3 Å². The molecule has 0 amide bonds. The van der Waals surface area contributed by atoms with Gasteiger partial charge < -0.3 is 24.4 Å². The Morgan fingerprint density at radius 3 is 2.03 bits per heavy atom. The van der Waals surface area contributed by atoms with Crippen molar-refractivity contribution in [3.05, 3.63) is 65.6 Å². The molecule has 10 heteroatoms. The van der Waals surface area contributed by atoms with Crippen LogP contribution in [-0.2, 0) is 23.8 Å². The molecule has 0 saturated heterocycles. The second kappa shape index (κ2) is 12.0. The molecule has 1 aromatic carbocycles. The van der Waals surface area contributed by atoms with Crippen LogP contribution >= 0.6 is 0 Å². The van der Waals surface area contributed by atoms with Crippen LogP contribution in [0.3, 0.4) is 0 Å². The Labute approximate surface area is 184 Å². The van der Waals surface area contributed by atoms with Crippen molar-refractivity contribution >= 4 is 29.8 Å². The molecule has 0 saturated carbocycles.